The van der Waals surface area contributed by atoms with E-state index < -0.39 is 0 Å². The fraction of sp³-hybridized carbons (Fsp3) is 0.158. The largest absolute Gasteiger partial charge is 0.275 e. The van der Waals surface area contributed by atoms with Crippen molar-refractivity contribution in [2.45, 2.75) is 13.3 Å². The van der Waals surface area contributed by atoms with Gasteiger partial charge in [-0.15, -0.1) is 10.2 Å². The Balaban J connectivity index is 1.54. The zero-order valence-corrected chi connectivity index (χ0v) is 14.9. The molecule has 0 saturated heterocycles. The predicted molar refractivity (Wildman–Crippen MR) is 100 cm³/mol. The van der Waals surface area contributed by atoms with Gasteiger partial charge in [0.25, 0.3) is 5.78 Å². The van der Waals surface area contributed by atoms with Gasteiger partial charge in [-0.05, 0) is 30.7 Å². The standard InChI is InChI=1S/C19H16N8/c1-12-8-21-19-24-23-18(27(19)25-12)6-13-3-4-17-14(5-13)7-15(9-20-17)16-10-22-26(2)11-16/h3-5,7-11H,6H2,1-2H3. The Morgan fingerprint density at radius 1 is 0.963 bits per heavy atom. The molecule has 0 atom stereocenters. The van der Waals surface area contributed by atoms with Crippen molar-refractivity contribution >= 4 is 16.7 Å². The number of hydrogen-bond donors (Lipinski definition) is 0. The zero-order chi connectivity index (χ0) is 18.4. The van der Waals surface area contributed by atoms with E-state index in [9.17, 15) is 0 Å². The first-order chi connectivity index (χ1) is 13.2. The molecule has 0 aliphatic rings. The minimum absolute atomic E-state index is 0.511. The van der Waals surface area contributed by atoms with Gasteiger partial charge in [-0.1, -0.05) is 6.07 Å². The van der Waals surface area contributed by atoms with Crippen LogP contribution in [0.1, 0.15) is 17.1 Å². The van der Waals surface area contributed by atoms with Crippen molar-refractivity contribution in [2.24, 2.45) is 7.05 Å². The van der Waals surface area contributed by atoms with E-state index in [4.69, 9.17) is 0 Å². The second-order valence-electron chi connectivity index (χ2n) is 6.56. The van der Waals surface area contributed by atoms with Crippen molar-refractivity contribution in [2.75, 3.05) is 0 Å². The fourth-order valence-corrected chi connectivity index (χ4v) is 3.13. The maximum Gasteiger partial charge on any atom is 0.271 e. The molecule has 132 valence electrons. The van der Waals surface area contributed by atoms with Crippen LogP contribution in [0.3, 0.4) is 0 Å². The van der Waals surface area contributed by atoms with Crippen molar-refractivity contribution in [3.63, 3.8) is 0 Å². The first-order valence-electron chi connectivity index (χ1n) is 8.57. The number of rotatable bonds is 3. The van der Waals surface area contributed by atoms with Crippen molar-refractivity contribution in [3.05, 3.63) is 66.1 Å². The molecule has 0 N–H and O–H groups in total. The summed E-state index contributed by atoms with van der Waals surface area (Å²) in [4.78, 5) is 8.82. The maximum atomic E-state index is 4.57. The highest BCUT2D eigenvalue weighted by molar-refractivity contribution is 5.84. The number of fused-ring (bicyclic) bond motifs is 2. The molecule has 0 aliphatic heterocycles. The monoisotopic (exact) mass is 356 g/mol. The summed E-state index contributed by atoms with van der Waals surface area (Å²) in [6, 6.07) is 8.35. The zero-order valence-electron chi connectivity index (χ0n) is 14.9. The lowest BCUT2D eigenvalue weighted by atomic mass is 10.0. The SMILES string of the molecule is Cc1cnc2nnc(Cc3ccc4ncc(-c5cnn(C)c5)cc4c3)n2n1. The van der Waals surface area contributed by atoms with Gasteiger partial charge in [-0.3, -0.25) is 9.67 Å². The Morgan fingerprint density at radius 2 is 1.89 bits per heavy atom. The van der Waals surface area contributed by atoms with E-state index in [1.165, 1.54) is 0 Å². The first kappa shape index (κ1) is 15.6. The van der Waals surface area contributed by atoms with Crippen LogP contribution >= 0.6 is 0 Å². The van der Waals surface area contributed by atoms with Crippen LogP contribution in [-0.2, 0) is 13.5 Å². The molecule has 5 rings (SSSR count). The quantitative estimate of drug-likeness (QED) is 0.493. The molecule has 0 radical (unpaired) electrons. The van der Waals surface area contributed by atoms with Gasteiger partial charge < -0.3 is 0 Å². The van der Waals surface area contributed by atoms with Gasteiger partial charge in [-0.2, -0.15) is 14.7 Å². The lowest BCUT2D eigenvalue weighted by molar-refractivity contribution is 0.768. The predicted octanol–water partition coefficient (Wildman–Crippen LogP) is 2.37. The van der Waals surface area contributed by atoms with E-state index in [1.807, 2.05) is 38.6 Å². The molecule has 0 fully saturated rings. The Kier molecular flexibility index (Phi) is 3.43. The van der Waals surface area contributed by atoms with Crippen LogP contribution in [0.25, 0.3) is 27.8 Å². The van der Waals surface area contributed by atoms with Crippen LogP contribution in [0.4, 0.5) is 0 Å². The molecule has 4 aromatic heterocycles. The molecule has 27 heavy (non-hydrogen) atoms. The third-order valence-electron chi connectivity index (χ3n) is 4.46. The van der Waals surface area contributed by atoms with Crippen LogP contribution < -0.4 is 0 Å². The highest BCUT2D eigenvalue weighted by Crippen LogP contribution is 2.23. The highest BCUT2D eigenvalue weighted by Gasteiger charge is 2.10. The van der Waals surface area contributed by atoms with Crippen LogP contribution in [0.5, 0.6) is 0 Å². The van der Waals surface area contributed by atoms with E-state index in [2.05, 4.69) is 48.6 Å². The van der Waals surface area contributed by atoms with Gasteiger partial charge in [0.1, 0.15) is 0 Å². The van der Waals surface area contributed by atoms with E-state index in [-0.39, 0.29) is 0 Å². The lowest BCUT2D eigenvalue weighted by Crippen LogP contribution is -2.02. The molecule has 0 aliphatic carbocycles. The minimum atomic E-state index is 0.511. The number of pyridine rings is 1. The lowest BCUT2D eigenvalue weighted by Gasteiger charge is -2.05. The van der Waals surface area contributed by atoms with Crippen LogP contribution in [0.15, 0.2) is 49.1 Å². The molecular weight excluding hydrogens is 340 g/mol. The topological polar surface area (TPSA) is 86.7 Å². The fourth-order valence-electron chi connectivity index (χ4n) is 3.13. The summed E-state index contributed by atoms with van der Waals surface area (Å²) in [6.45, 7) is 1.90. The van der Waals surface area contributed by atoms with Crippen molar-refractivity contribution < 1.29 is 0 Å². The summed E-state index contributed by atoms with van der Waals surface area (Å²) < 4.78 is 3.49. The normalized spacial score (nSPS) is 11.5. The van der Waals surface area contributed by atoms with E-state index >= 15 is 0 Å². The Labute approximate surface area is 154 Å². The van der Waals surface area contributed by atoms with Gasteiger partial charge in [-0.25, -0.2) is 4.98 Å². The molecule has 0 bridgehead atoms. The number of aromatic nitrogens is 8. The maximum absolute atomic E-state index is 4.57. The number of aryl methyl sites for hydroxylation is 2. The summed E-state index contributed by atoms with van der Waals surface area (Å²) >= 11 is 0. The average Bonchev–Trinajstić information content (AvgIpc) is 3.27. The number of hydrogen-bond acceptors (Lipinski definition) is 6. The summed E-state index contributed by atoms with van der Waals surface area (Å²) in [5.74, 6) is 1.27. The molecule has 0 amide bonds. The third-order valence-corrected chi connectivity index (χ3v) is 4.46. The Hall–Kier alpha value is -3.68. The van der Waals surface area contributed by atoms with Gasteiger partial charge in [0.2, 0.25) is 0 Å². The molecule has 8 heteroatoms. The minimum Gasteiger partial charge on any atom is -0.275 e. The molecule has 4 heterocycles. The number of benzene rings is 1. The summed E-state index contributed by atoms with van der Waals surface area (Å²) in [5, 5.41) is 18.1. The molecule has 8 nitrogen and oxygen atoms in total. The molecule has 0 unspecified atom stereocenters. The summed E-state index contributed by atoms with van der Waals surface area (Å²) in [7, 11) is 1.91. The van der Waals surface area contributed by atoms with Gasteiger partial charge >= 0.3 is 0 Å². The molecular formula is C19H16N8. The highest BCUT2D eigenvalue weighted by atomic mass is 15.4. The smallest absolute Gasteiger partial charge is 0.271 e. The van der Waals surface area contributed by atoms with Gasteiger partial charge in [0, 0.05) is 42.4 Å². The molecule has 5 aromatic rings. The summed E-state index contributed by atoms with van der Waals surface area (Å²) in [6.07, 6.45) is 8.01. The van der Waals surface area contributed by atoms with E-state index in [1.54, 1.807) is 15.4 Å². The average molecular weight is 356 g/mol. The van der Waals surface area contributed by atoms with Crippen LogP contribution in [0.2, 0.25) is 0 Å². The van der Waals surface area contributed by atoms with Gasteiger partial charge in [0.15, 0.2) is 5.82 Å². The van der Waals surface area contributed by atoms with E-state index in [0.29, 0.717) is 12.2 Å². The Morgan fingerprint density at radius 3 is 2.74 bits per heavy atom. The Bertz CT molecular complexity index is 1280. The first-order valence-corrected chi connectivity index (χ1v) is 8.57. The van der Waals surface area contributed by atoms with Crippen LogP contribution in [-0.4, -0.2) is 39.6 Å². The summed E-state index contributed by atoms with van der Waals surface area (Å²) in [5.41, 5.74) is 4.99. The van der Waals surface area contributed by atoms with Crippen LogP contribution in [0, 0.1) is 6.92 Å². The second-order valence-corrected chi connectivity index (χ2v) is 6.56. The second kappa shape index (κ2) is 5.94. The number of nitrogens with zero attached hydrogens (tertiary/aromatic N) is 8. The molecule has 1 aromatic carbocycles. The van der Waals surface area contributed by atoms with Crippen molar-refractivity contribution in [1.29, 1.82) is 0 Å². The third kappa shape index (κ3) is 2.80. The molecule has 0 spiro atoms. The van der Waals surface area contributed by atoms with Crippen molar-refractivity contribution in [3.8, 4) is 11.1 Å². The van der Waals surface area contributed by atoms with Gasteiger partial charge in [0.05, 0.1) is 23.6 Å². The van der Waals surface area contributed by atoms with E-state index in [0.717, 1.165) is 39.1 Å². The molecule has 0 saturated carbocycles. The van der Waals surface area contributed by atoms with Crippen molar-refractivity contribution in [1.82, 2.24) is 39.6 Å².